The van der Waals surface area contributed by atoms with Crippen molar-refractivity contribution < 1.29 is 22.8 Å². The van der Waals surface area contributed by atoms with Crippen LogP contribution < -0.4 is 10.6 Å². The molecule has 2 aromatic rings. The molecule has 8 heteroatoms. The number of pyridine rings is 1. The average molecular weight is 392 g/mol. The van der Waals surface area contributed by atoms with Gasteiger partial charge < -0.3 is 9.57 Å². The summed E-state index contributed by atoms with van der Waals surface area (Å²) in [5.74, 6) is 4.69. The number of ether oxygens (including phenoxy) is 1. The lowest BCUT2D eigenvalue weighted by Crippen LogP contribution is -2.50. The minimum absolute atomic E-state index is 0.00805. The molecule has 0 saturated carbocycles. The molecule has 2 N–H and O–H groups in total. The van der Waals surface area contributed by atoms with Crippen LogP contribution >= 0.6 is 0 Å². The van der Waals surface area contributed by atoms with Crippen LogP contribution in [0.3, 0.4) is 0 Å². The summed E-state index contributed by atoms with van der Waals surface area (Å²) in [5.41, 5.74) is 0.607. The van der Waals surface area contributed by atoms with E-state index in [1.165, 1.54) is 37.6 Å². The van der Waals surface area contributed by atoms with E-state index in [4.69, 9.17) is 10.6 Å². The van der Waals surface area contributed by atoms with Crippen molar-refractivity contribution in [3.8, 4) is 5.75 Å². The number of nitrogens with zero attached hydrogens (tertiary/aromatic N) is 1. The monoisotopic (exact) mass is 392 g/mol. The molecule has 0 aliphatic carbocycles. The Balaban J connectivity index is 2.61. The molecule has 0 aliphatic heterocycles. The highest BCUT2D eigenvalue weighted by molar-refractivity contribution is 7.93. The Morgan fingerprint density at radius 3 is 2.44 bits per heavy atom. The maximum Gasteiger partial charge on any atom is 0.346 e. The first-order chi connectivity index (χ1) is 12.9. The van der Waals surface area contributed by atoms with Gasteiger partial charge in [0, 0.05) is 18.8 Å². The summed E-state index contributed by atoms with van der Waals surface area (Å²) in [6.45, 7) is 1.92. The number of carbonyl (C=O) groups is 1. The number of sulfone groups is 1. The molecule has 27 heavy (non-hydrogen) atoms. The number of hydrogen-bond acceptors (Lipinski definition) is 7. The van der Waals surface area contributed by atoms with Crippen molar-refractivity contribution in [2.45, 2.75) is 42.2 Å². The minimum Gasteiger partial charge on any atom is -0.497 e. The number of carbonyl (C=O) groups excluding carboxylic acids is 1. The fraction of sp³-hybridized carbons (Fsp3) is 0.368. The topological polar surface area (TPSA) is 109 Å². The smallest absolute Gasteiger partial charge is 0.346 e. The quantitative estimate of drug-likeness (QED) is 0.653. The molecule has 1 aromatic heterocycles. The molecule has 2 rings (SSSR count). The van der Waals surface area contributed by atoms with Crippen molar-refractivity contribution in [1.29, 1.82) is 0 Å². The molecule has 1 heterocycles. The number of benzene rings is 1. The van der Waals surface area contributed by atoms with Crippen LogP contribution in [0.5, 0.6) is 5.75 Å². The average Bonchev–Trinajstić information content (AvgIpc) is 2.71. The van der Waals surface area contributed by atoms with Gasteiger partial charge in [-0.15, -0.1) is 0 Å². The standard InChI is InChI=1S/C19H24N2O5S/c1-3-4-11-19(18(22)26-20,13-15-6-5-12-21-14-15)27(23,24)17-9-7-16(25-2)8-10-17/h5-10,12,14H,3-4,11,13,20H2,1-2H3. The molecular formula is C19H24N2O5S. The van der Waals surface area contributed by atoms with Crippen molar-refractivity contribution in [3.05, 3.63) is 54.4 Å². The molecule has 0 fully saturated rings. The number of methoxy groups -OCH3 is 1. The van der Waals surface area contributed by atoms with Crippen LogP contribution in [0, 0.1) is 0 Å². The Kier molecular flexibility index (Phi) is 6.92. The Morgan fingerprint density at radius 2 is 1.93 bits per heavy atom. The zero-order valence-corrected chi connectivity index (χ0v) is 16.2. The molecule has 7 nitrogen and oxygen atoms in total. The number of hydrogen-bond donors (Lipinski definition) is 1. The van der Waals surface area contributed by atoms with Gasteiger partial charge in [-0.3, -0.25) is 4.98 Å². The van der Waals surface area contributed by atoms with Crippen molar-refractivity contribution in [2.24, 2.45) is 5.90 Å². The van der Waals surface area contributed by atoms with Crippen molar-refractivity contribution in [1.82, 2.24) is 4.98 Å². The molecule has 0 bridgehead atoms. The number of aromatic nitrogens is 1. The van der Waals surface area contributed by atoms with E-state index < -0.39 is 20.6 Å². The number of unbranched alkanes of at least 4 members (excludes halogenated alkanes) is 1. The van der Waals surface area contributed by atoms with Gasteiger partial charge in [0.1, 0.15) is 5.75 Å². The summed E-state index contributed by atoms with van der Waals surface area (Å²) >= 11 is 0. The van der Waals surface area contributed by atoms with E-state index >= 15 is 0 Å². The molecule has 1 unspecified atom stereocenters. The van der Waals surface area contributed by atoms with Gasteiger partial charge in [0.05, 0.1) is 12.0 Å². The molecule has 146 valence electrons. The third-order valence-electron chi connectivity index (χ3n) is 4.51. The highest BCUT2D eigenvalue weighted by Crippen LogP contribution is 2.36. The third kappa shape index (κ3) is 4.28. The Hall–Kier alpha value is -2.45. The number of rotatable bonds is 9. The summed E-state index contributed by atoms with van der Waals surface area (Å²) in [6, 6.07) is 9.32. The normalized spacial score (nSPS) is 13.6. The van der Waals surface area contributed by atoms with Crippen LogP contribution in [-0.2, 0) is 25.9 Å². The molecular weight excluding hydrogens is 368 g/mol. The summed E-state index contributed by atoms with van der Waals surface area (Å²) in [4.78, 5) is 21.2. The van der Waals surface area contributed by atoms with Gasteiger partial charge in [0.25, 0.3) is 0 Å². The predicted molar refractivity (Wildman–Crippen MR) is 101 cm³/mol. The van der Waals surface area contributed by atoms with Crippen molar-refractivity contribution in [2.75, 3.05) is 7.11 Å². The van der Waals surface area contributed by atoms with Gasteiger partial charge in [0.15, 0.2) is 14.6 Å². The minimum atomic E-state index is -4.11. The van der Waals surface area contributed by atoms with Gasteiger partial charge in [-0.05, 0) is 42.3 Å². The molecule has 1 atom stereocenters. The first-order valence-corrected chi connectivity index (χ1v) is 10.1. The Bertz CT molecular complexity index is 853. The van der Waals surface area contributed by atoms with Gasteiger partial charge >= 0.3 is 5.97 Å². The summed E-state index contributed by atoms with van der Waals surface area (Å²) in [7, 11) is -2.62. The molecule has 0 amide bonds. The Morgan fingerprint density at radius 1 is 1.22 bits per heavy atom. The van der Waals surface area contributed by atoms with Crippen molar-refractivity contribution in [3.63, 3.8) is 0 Å². The van der Waals surface area contributed by atoms with Crippen LogP contribution in [0.15, 0.2) is 53.7 Å². The van der Waals surface area contributed by atoms with E-state index in [9.17, 15) is 13.2 Å². The highest BCUT2D eigenvalue weighted by atomic mass is 32.2. The lowest BCUT2D eigenvalue weighted by molar-refractivity contribution is -0.147. The molecule has 0 saturated heterocycles. The second kappa shape index (κ2) is 8.96. The Labute approximate surface area is 159 Å². The van der Waals surface area contributed by atoms with E-state index in [0.29, 0.717) is 24.2 Å². The molecule has 1 aromatic carbocycles. The molecule has 0 radical (unpaired) electrons. The van der Waals surface area contributed by atoms with Crippen LogP contribution in [0.1, 0.15) is 31.7 Å². The maximum atomic E-state index is 13.5. The van der Waals surface area contributed by atoms with Gasteiger partial charge in [-0.25, -0.2) is 13.2 Å². The molecule has 0 spiro atoms. The van der Waals surface area contributed by atoms with Crippen molar-refractivity contribution >= 4 is 15.8 Å². The van der Waals surface area contributed by atoms with Gasteiger partial charge in [0.2, 0.25) is 0 Å². The van der Waals surface area contributed by atoms with E-state index in [-0.39, 0.29) is 17.7 Å². The fourth-order valence-electron chi connectivity index (χ4n) is 2.98. The van der Waals surface area contributed by atoms with Crippen LogP contribution in [0.25, 0.3) is 0 Å². The first kappa shape index (κ1) is 20.9. The third-order valence-corrected chi connectivity index (χ3v) is 6.95. The first-order valence-electron chi connectivity index (χ1n) is 8.60. The van der Waals surface area contributed by atoms with E-state index in [1.807, 2.05) is 6.92 Å². The zero-order valence-electron chi connectivity index (χ0n) is 15.4. The van der Waals surface area contributed by atoms with Crippen LogP contribution in [0.4, 0.5) is 0 Å². The maximum absolute atomic E-state index is 13.5. The van der Waals surface area contributed by atoms with E-state index in [1.54, 1.807) is 18.3 Å². The number of nitrogens with two attached hydrogens (primary N) is 1. The SMILES string of the molecule is CCCCC(Cc1cccnc1)(C(=O)ON)S(=O)(=O)c1ccc(OC)cc1. The van der Waals surface area contributed by atoms with Gasteiger partial charge in [-0.1, -0.05) is 25.8 Å². The summed E-state index contributed by atoms with van der Waals surface area (Å²) in [5, 5.41) is 0. The lowest BCUT2D eigenvalue weighted by atomic mass is 9.94. The van der Waals surface area contributed by atoms with Gasteiger partial charge in [-0.2, -0.15) is 5.90 Å². The van der Waals surface area contributed by atoms with E-state index in [2.05, 4.69) is 9.82 Å². The second-order valence-electron chi connectivity index (χ2n) is 6.22. The van der Waals surface area contributed by atoms with Crippen LogP contribution in [0.2, 0.25) is 0 Å². The van der Waals surface area contributed by atoms with E-state index in [0.717, 1.165) is 0 Å². The molecule has 0 aliphatic rings. The fourth-order valence-corrected chi connectivity index (χ4v) is 4.97. The second-order valence-corrected chi connectivity index (χ2v) is 8.48. The predicted octanol–water partition coefficient (Wildman–Crippen LogP) is 2.45. The van der Waals surface area contributed by atoms with Crippen LogP contribution in [-0.4, -0.2) is 31.2 Å². The highest BCUT2D eigenvalue weighted by Gasteiger charge is 2.52. The zero-order chi connectivity index (χ0) is 19.9. The summed E-state index contributed by atoms with van der Waals surface area (Å²) in [6.07, 6.45) is 4.36. The largest absolute Gasteiger partial charge is 0.497 e. The lowest BCUT2D eigenvalue weighted by Gasteiger charge is -2.30. The summed E-state index contributed by atoms with van der Waals surface area (Å²) < 4.78 is 30.3.